The van der Waals surface area contributed by atoms with Gasteiger partial charge in [0.1, 0.15) is 17.5 Å². The fraction of sp³-hybridized carbons (Fsp3) is 0.167. The summed E-state index contributed by atoms with van der Waals surface area (Å²) >= 11 is 0. The number of fused-ring (bicyclic) bond motifs is 1. The Labute approximate surface area is 132 Å². The molecule has 1 unspecified atom stereocenters. The van der Waals surface area contributed by atoms with Gasteiger partial charge in [-0.05, 0) is 31.2 Å². The molecule has 5 nitrogen and oxygen atoms in total. The zero-order valence-corrected chi connectivity index (χ0v) is 12.5. The smallest absolute Gasteiger partial charge is 0.170 e. The highest BCUT2D eigenvalue weighted by molar-refractivity contribution is 6.00. The Bertz CT molecular complexity index is 871. The standard InChI is InChI=1S/C18H14N2O3/c1-11-7-16(21)14-5-4-12(8-18(14)22-11)17-9-15(20-23-17)13-3-2-6-19-10-13/h2-6,8-11H,7H2,1H3. The number of benzene rings is 1. The van der Waals surface area contributed by atoms with Crippen LogP contribution in [0, 0.1) is 0 Å². The Morgan fingerprint density at radius 1 is 1.17 bits per heavy atom. The number of carbonyl (C=O) groups excluding carboxylic acids is 1. The summed E-state index contributed by atoms with van der Waals surface area (Å²) in [6, 6.07) is 11.1. The number of hydrogen-bond donors (Lipinski definition) is 0. The van der Waals surface area contributed by atoms with Gasteiger partial charge in [-0.2, -0.15) is 0 Å². The first-order valence-electron chi connectivity index (χ1n) is 7.42. The van der Waals surface area contributed by atoms with Gasteiger partial charge in [-0.25, -0.2) is 0 Å². The molecule has 4 rings (SSSR count). The SMILES string of the molecule is CC1CC(=O)c2ccc(-c3cc(-c4cccnc4)no3)cc2O1. The first kappa shape index (κ1) is 13.7. The van der Waals surface area contributed by atoms with Crippen molar-refractivity contribution in [3.63, 3.8) is 0 Å². The number of pyridine rings is 1. The second kappa shape index (κ2) is 5.35. The van der Waals surface area contributed by atoms with E-state index >= 15 is 0 Å². The van der Waals surface area contributed by atoms with Crippen molar-refractivity contribution in [1.82, 2.24) is 10.1 Å². The summed E-state index contributed by atoms with van der Waals surface area (Å²) in [6.45, 7) is 1.89. The van der Waals surface area contributed by atoms with Crippen LogP contribution in [0.1, 0.15) is 23.7 Å². The maximum atomic E-state index is 12.0. The van der Waals surface area contributed by atoms with Crippen LogP contribution in [0.5, 0.6) is 5.75 Å². The monoisotopic (exact) mass is 306 g/mol. The van der Waals surface area contributed by atoms with Gasteiger partial charge in [0.05, 0.1) is 5.56 Å². The van der Waals surface area contributed by atoms with Crippen LogP contribution in [0.3, 0.4) is 0 Å². The lowest BCUT2D eigenvalue weighted by molar-refractivity contribution is 0.0871. The van der Waals surface area contributed by atoms with E-state index in [1.807, 2.05) is 37.3 Å². The van der Waals surface area contributed by atoms with E-state index in [0.29, 0.717) is 23.5 Å². The van der Waals surface area contributed by atoms with Crippen molar-refractivity contribution < 1.29 is 14.1 Å². The van der Waals surface area contributed by atoms with Gasteiger partial charge in [-0.1, -0.05) is 11.2 Å². The molecule has 0 spiro atoms. The van der Waals surface area contributed by atoms with Crippen molar-refractivity contribution in [2.45, 2.75) is 19.4 Å². The number of Topliss-reactive ketones (excluding diaryl/α,β-unsaturated/α-hetero) is 1. The van der Waals surface area contributed by atoms with E-state index in [1.54, 1.807) is 18.5 Å². The lowest BCUT2D eigenvalue weighted by atomic mass is 9.99. The molecule has 1 aliphatic rings. The van der Waals surface area contributed by atoms with Gasteiger partial charge in [0, 0.05) is 36.0 Å². The normalized spacial score (nSPS) is 16.7. The Kier molecular flexibility index (Phi) is 3.19. The second-order valence-corrected chi connectivity index (χ2v) is 5.58. The number of ether oxygens (including phenoxy) is 1. The van der Waals surface area contributed by atoms with Crippen LogP contribution in [-0.4, -0.2) is 22.0 Å². The Morgan fingerprint density at radius 2 is 2.09 bits per heavy atom. The minimum Gasteiger partial charge on any atom is -0.489 e. The van der Waals surface area contributed by atoms with E-state index in [9.17, 15) is 4.79 Å². The van der Waals surface area contributed by atoms with E-state index in [0.717, 1.165) is 16.8 Å². The molecule has 0 aliphatic carbocycles. The molecule has 0 fully saturated rings. The van der Waals surface area contributed by atoms with Gasteiger partial charge in [-0.15, -0.1) is 0 Å². The van der Waals surface area contributed by atoms with Crippen LogP contribution in [0.25, 0.3) is 22.6 Å². The zero-order chi connectivity index (χ0) is 15.8. The molecule has 23 heavy (non-hydrogen) atoms. The molecular formula is C18H14N2O3. The van der Waals surface area contributed by atoms with Crippen molar-refractivity contribution in [2.75, 3.05) is 0 Å². The number of nitrogens with zero attached hydrogens (tertiary/aromatic N) is 2. The van der Waals surface area contributed by atoms with Crippen molar-refractivity contribution in [1.29, 1.82) is 0 Å². The zero-order valence-electron chi connectivity index (χ0n) is 12.5. The molecule has 0 radical (unpaired) electrons. The van der Waals surface area contributed by atoms with Crippen LogP contribution in [-0.2, 0) is 0 Å². The van der Waals surface area contributed by atoms with E-state index in [4.69, 9.17) is 9.26 Å². The van der Waals surface area contributed by atoms with Crippen LogP contribution < -0.4 is 4.74 Å². The maximum Gasteiger partial charge on any atom is 0.170 e. The van der Waals surface area contributed by atoms with Crippen molar-refractivity contribution in [2.24, 2.45) is 0 Å². The van der Waals surface area contributed by atoms with E-state index in [1.165, 1.54) is 0 Å². The lowest BCUT2D eigenvalue weighted by Gasteiger charge is -2.22. The summed E-state index contributed by atoms with van der Waals surface area (Å²) < 4.78 is 11.2. The van der Waals surface area contributed by atoms with Crippen LogP contribution in [0.15, 0.2) is 53.3 Å². The molecule has 2 aromatic heterocycles. The minimum atomic E-state index is -0.106. The minimum absolute atomic E-state index is 0.106. The fourth-order valence-corrected chi connectivity index (χ4v) is 2.69. The third kappa shape index (κ3) is 2.50. The van der Waals surface area contributed by atoms with Crippen LogP contribution in [0.2, 0.25) is 0 Å². The number of hydrogen-bond acceptors (Lipinski definition) is 5. The Morgan fingerprint density at radius 3 is 2.91 bits per heavy atom. The number of carbonyl (C=O) groups is 1. The highest BCUT2D eigenvalue weighted by atomic mass is 16.5. The Hall–Kier alpha value is -2.95. The molecule has 5 heteroatoms. The molecule has 0 saturated carbocycles. The topological polar surface area (TPSA) is 65.2 Å². The maximum absolute atomic E-state index is 12.0. The molecule has 0 amide bonds. The highest BCUT2D eigenvalue weighted by Gasteiger charge is 2.24. The number of ketones is 1. The van der Waals surface area contributed by atoms with Crippen LogP contribution in [0.4, 0.5) is 0 Å². The second-order valence-electron chi connectivity index (χ2n) is 5.58. The largest absolute Gasteiger partial charge is 0.489 e. The van der Waals surface area contributed by atoms with Crippen molar-refractivity contribution >= 4 is 5.78 Å². The molecule has 3 heterocycles. The van der Waals surface area contributed by atoms with Crippen molar-refractivity contribution in [3.05, 3.63) is 54.4 Å². The molecule has 1 aromatic carbocycles. The average Bonchev–Trinajstić information content (AvgIpc) is 3.05. The fourth-order valence-electron chi connectivity index (χ4n) is 2.69. The quantitative estimate of drug-likeness (QED) is 0.721. The molecular weight excluding hydrogens is 292 g/mol. The summed E-state index contributed by atoms with van der Waals surface area (Å²) in [5.74, 6) is 1.34. The molecule has 3 aromatic rings. The van der Waals surface area contributed by atoms with Gasteiger partial charge in [0.25, 0.3) is 0 Å². The summed E-state index contributed by atoms with van der Waals surface area (Å²) in [4.78, 5) is 16.1. The van der Waals surface area contributed by atoms with E-state index in [-0.39, 0.29) is 11.9 Å². The Balaban J connectivity index is 1.71. The molecule has 0 saturated heterocycles. The molecule has 1 atom stereocenters. The summed E-state index contributed by atoms with van der Waals surface area (Å²) in [7, 11) is 0. The van der Waals surface area contributed by atoms with E-state index in [2.05, 4.69) is 10.1 Å². The number of rotatable bonds is 2. The number of aromatic nitrogens is 2. The first-order valence-corrected chi connectivity index (χ1v) is 7.42. The third-order valence-corrected chi connectivity index (χ3v) is 3.83. The van der Waals surface area contributed by atoms with Gasteiger partial charge in [0.15, 0.2) is 11.5 Å². The summed E-state index contributed by atoms with van der Waals surface area (Å²) in [5.41, 5.74) is 3.06. The third-order valence-electron chi connectivity index (χ3n) is 3.83. The highest BCUT2D eigenvalue weighted by Crippen LogP contribution is 2.33. The molecule has 114 valence electrons. The molecule has 1 aliphatic heterocycles. The summed E-state index contributed by atoms with van der Waals surface area (Å²) in [6.07, 6.45) is 3.76. The predicted octanol–water partition coefficient (Wildman–Crippen LogP) is 3.76. The summed E-state index contributed by atoms with van der Waals surface area (Å²) in [5, 5.41) is 4.08. The van der Waals surface area contributed by atoms with Gasteiger partial charge >= 0.3 is 0 Å². The van der Waals surface area contributed by atoms with E-state index < -0.39 is 0 Å². The average molecular weight is 306 g/mol. The predicted molar refractivity (Wildman–Crippen MR) is 84.2 cm³/mol. The van der Waals surface area contributed by atoms with Gasteiger partial charge in [0.2, 0.25) is 0 Å². The lowest BCUT2D eigenvalue weighted by Crippen LogP contribution is -2.23. The van der Waals surface area contributed by atoms with Crippen molar-refractivity contribution in [3.8, 4) is 28.3 Å². The van der Waals surface area contributed by atoms with Gasteiger partial charge in [-0.3, -0.25) is 9.78 Å². The first-order chi connectivity index (χ1) is 11.2. The van der Waals surface area contributed by atoms with Crippen LogP contribution >= 0.6 is 0 Å². The molecule has 0 bridgehead atoms. The van der Waals surface area contributed by atoms with Gasteiger partial charge < -0.3 is 9.26 Å². The molecule has 0 N–H and O–H groups in total.